The number of fused-ring (bicyclic) bond motifs is 1. The predicted molar refractivity (Wildman–Crippen MR) is 128 cm³/mol. The number of aromatic nitrogens is 2. The number of hydrogen-bond donors (Lipinski definition) is 0. The molecule has 1 fully saturated rings. The van der Waals surface area contributed by atoms with E-state index in [0.717, 1.165) is 64.0 Å². The van der Waals surface area contributed by atoms with Gasteiger partial charge in [0.15, 0.2) is 0 Å². The van der Waals surface area contributed by atoms with Gasteiger partial charge >= 0.3 is 0 Å². The molecule has 158 valence electrons. The van der Waals surface area contributed by atoms with E-state index < -0.39 is 0 Å². The van der Waals surface area contributed by atoms with Crippen molar-refractivity contribution in [3.8, 4) is 0 Å². The highest BCUT2D eigenvalue weighted by Crippen LogP contribution is 2.36. The number of nitrogens with zero attached hydrogens (tertiary/aromatic N) is 3. The van der Waals surface area contributed by atoms with Crippen molar-refractivity contribution in [1.82, 2.24) is 14.9 Å². The lowest BCUT2D eigenvalue weighted by Gasteiger charge is -2.34. The number of likely N-dealkylation sites (tertiary alicyclic amines) is 1. The van der Waals surface area contributed by atoms with Gasteiger partial charge in [0, 0.05) is 23.4 Å². The van der Waals surface area contributed by atoms with Crippen LogP contribution in [0.25, 0.3) is 10.2 Å². The zero-order valence-electron chi connectivity index (χ0n) is 17.0. The fourth-order valence-electron chi connectivity index (χ4n) is 4.11. The van der Waals surface area contributed by atoms with Gasteiger partial charge in [0.05, 0.1) is 33.4 Å². The molecular weight excluding hydrogens is 446 g/mol. The average Bonchev–Trinajstić information content (AvgIpc) is 3.40. The molecule has 1 aliphatic heterocycles. The van der Waals surface area contributed by atoms with Crippen LogP contribution in [-0.4, -0.2) is 27.3 Å². The molecule has 1 amide bonds. The second-order valence-electron chi connectivity index (χ2n) is 7.83. The minimum absolute atomic E-state index is 0.0724. The molecule has 2 aromatic heterocycles. The Morgan fingerprint density at radius 3 is 2.90 bits per heavy atom. The number of hydrogen-bond acceptors (Lipinski definition) is 5. The summed E-state index contributed by atoms with van der Waals surface area (Å²) in [6.45, 7) is 0.791. The molecule has 1 unspecified atom stereocenters. The van der Waals surface area contributed by atoms with Crippen LogP contribution < -0.4 is 0 Å². The fraction of sp³-hybridized carbons (Fsp3) is 0.292. The normalized spacial score (nSPS) is 16.7. The number of thiazole rings is 2. The maximum absolute atomic E-state index is 13.2. The average molecular weight is 468 g/mol. The van der Waals surface area contributed by atoms with Gasteiger partial charge < -0.3 is 4.90 Å². The van der Waals surface area contributed by atoms with Crippen LogP contribution in [0.2, 0.25) is 5.02 Å². The van der Waals surface area contributed by atoms with Crippen LogP contribution in [0.4, 0.5) is 0 Å². The van der Waals surface area contributed by atoms with E-state index in [1.165, 1.54) is 4.70 Å². The maximum Gasteiger partial charge on any atom is 0.229 e. The molecule has 5 rings (SSSR count). The number of amides is 1. The van der Waals surface area contributed by atoms with E-state index in [9.17, 15) is 4.79 Å². The predicted octanol–water partition coefficient (Wildman–Crippen LogP) is 6.29. The number of piperidine rings is 1. The second kappa shape index (κ2) is 9.07. The van der Waals surface area contributed by atoms with Crippen molar-refractivity contribution in [2.75, 3.05) is 6.54 Å². The summed E-state index contributed by atoms with van der Waals surface area (Å²) in [6.07, 6.45) is 4.22. The molecule has 1 saturated heterocycles. The summed E-state index contributed by atoms with van der Waals surface area (Å²) in [7, 11) is 0. The Hall–Kier alpha value is -2.28. The topological polar surface area (TPSA) is 46.1 Å². The van der Waals surface area contributed by atoms with Gasteiger partial charge in [0.25, 0.3) is 0 Å². The summed E-state index contributed by atoms with van der Waals surface area (Å²) in [5.41, 5.74) is 3.00. The van der Waals surface area contributed by atoms with Crippen LogP contribution in [0.15, 0.2) is 53.9 Å². The van der Waals surface area contributed by atoms with E-state index in [2.05, 4.69) is 12.1 Å². The van der Waals surface area contributed by atoms with Crippen molar-refractivity contribution in [2.45, 2.75) is 38.1 Å². The number of carbonyl (C=O) groups is 1. The Labute approximate surface area is 194 Å². The van der Waals surface area contributed by atoms with Crippen LogP contribution >= 0.6 is 34.3 Å². The van der Waals surface area contributed by atoms with Gasteiger partial charge in [-0.15, -0.1) is 22.7 Å². The van der Waals surface area contributed by atoms with Crippen LogP contribution in [-0.2, 0) is 17.6 Å². The molecule has 7 heteroatoms. The standard InChI is InChI=1S/C24H22ClN3OS2/c25-17-7-5-6-16(12-17)13-22-26-18(15-30-22)14-23(29)28-11-4-3-9-20(28)24-27-19-8-1-2-10-21(19)31-24/h1-2,5-8,10,12,15,20H,3-4,9,11,13-14H2. The number of carbonyl (C=O) groups excluding carboxylic acids is 1. The van der Waals surface area contributed by atoms with Crippen LogP contribution in [0.1, 0.15) is 46.6 Å². The molecule has 0 bridgehead atoms. The Morgan fingerprint density at radius 1 is 1.13 bits per heavy atom. The first-order valence-corrected chi connectivity index (χ1v) is 12.6. The van der Waals surface area contributed by atoms with Gasteiger partial charge in [-0.3, -0.25) is 4.79 Å². The molecular formula is C24H22ClN3OS2. The lowest BCUT2D eigenvalue weighted by Crippen LogP contribution is -2.39. The van der Waals surface area contributed by atoms with Crippen LogP contribution in [0, 0.1) is 0 Å². The van der Waals surface area contributed by atoms with Crippen LogP contribution in [0.3, 0.4) is 0 Å². The first-order valence-electron chi connectivity index (χ1n) is 10.5. The Balaban J connectivity index is 1.30. The van der Waals surface area contributed by atoms with Gasteiger partial charge in [0.2, 0.25) is 5.91 Å². The summed E-state index contributed by atoms with van der Waals surface area (Å²) in [5.74, 6) is 0.142. The molecule has 2 aromatic carbocycles. The van der Waals surface area contributed by atoms with Crippen molar-refractivity contribution in [1.29, 1.82) is 0 Å². The van der Waals surface area contributed by atoms with Gasteiger partial charge in [-0.1, -0.05) is 35.9 Å². The molecule has 4 aromatic rings. The van der Waals surface area contributed by atoms with E-state index >= 15 is 0 Å². The largest absolute Gasteiger partial charge is 0.333 e. The highest BCUT2D eigenvalue weighted by atomic mass is 35.5. The minimum atomic E-state index is 0.0724. The first kappa shape index (κ1) is 20.6. The molecule has 1 aliphatic rings. The highest BCUT2D eigenvalue weighted by Gasteiger charge is 2.30. The van der Waals surface area contributed by atoms with E-state index in [0.29, 0.717) is 6.42 Å². The Kier molecular flexibility index (Phi) is 6.03. The van der Waals surface area contributed by atoms with E-state index in [1.807, 2.05) is 46.7 Å². The van der Waals surface area contributed by atoms with Crippen molar-refractivity contribution in [2.24, 2.45) is 0 Å². The third-order valence-corrected chi connectivity index (χ3v) is 7.87. The van der Waals surface area contributed by atoms with Crippen molar-refractivity contribution in [3.05, 3.63) is 80.2 Å². The van der Waals surface area contributed by atoms with Gasteiger partial charge in [-0.25, -0.2) is 9.97 Å². The first-order chi connectivity index (χ1) is 15.2. The summed E-state index contributed by atoms with van der Waals surface area (Å²) < 4.78 is 1.18. The van der Waals surface area contributed by atoms with Crippen LogP contribution in [0.5, 0.6) is 0 Å². The lowest BCUT2D eigenvalue weighted by atomic mass is 10.0. The third kappa shape index (κ3) is 4.66. The van der Waals surface area contributed by atoms with Crippen molar-refractivity contribution in [3.63, 3.8) is 0 Å². The molecule has 4 nitrogen and oxygen atoms in total. The molecule has 31 heavy (non-hydrogen) atoms. The summed E-state index contributed by atoms with van der Waals surface area (Å²) in [6, 6.07) is 16.1. The van der Waals surface area contributed by atoms with E-state index in [-0.39, 0.29) is 11.9 Å². The molecule has 0 saturated carbocycles. The second-order valence-corrected chi connectivity index (χ2v) is 10.3. The number of rotatable bonds is 5. The third-order valence-electron chi connectivity index (χ3n) is 5.59. The summed E-state index contributed by atoms with van der Waals surface area (Å²) in [5, 5.41) is 4.80. The highest BCUT2D eigenvalue weighted by molar-refractivity contribution is 7.18. The number of halogens is 1. The fourth-order valence-corrected chi connectivity index (χ4v) is 6.26. The van der Waals surface area contributed by atoms with E-state index in [1.54, 1.807) is 22.7 Å². The quantitative estimate of drug-likeness (QED) is 0.346. The molecule has 0 radical (unpaired) electrons. The Morgan fingerprint density at radius 2 is 2.03 bits per heavy atom. The zero-order chi connectivity index (χ0) is 21.2. The van der Waals surface area contributed by atoms with Crippen molar-refractivity contribution < 1.29 is 4.79 Å². The SMILES string of the molecule is O=C(Cc1csc(Cc2cccc(Cl)c2)n1)N1CCCCC1c1nc2ccccc2s1. The Bertz CT molecular complexity index is 1190. The van der Waals surface area contributed by atoms with Gasteiger partial charge in [0.1, 0.15) is 5.01 Å². The number of benzene rings is 2. The van der Waals surface area contributed by atoms with Gasteiger partial charge in [-0.2, -0.15) is 0 Å². The van der Waals surface area contributed by atoms with Gasteiger partial charge in [-0.05, 0) is 49.1 Å². The lowest BCUT2D eigenvalue weighted by molar-refractivity contribution is -0.134. The summed E-state index contributed by atoms with van der Waals surface area (Å²) >= 11 is 9.40. The molecule has 1 atom stereocenters. The molecule has 3 heterocycles. The smallest absolute Gasteiger partial charge is 0.229 e. The minimum Gasteiger partial charge on any atom is -0.333 e. The van der Waals surface area contributed by atoms with Crippen molar-refractivity contribution >= 4 is 50.4 Å². The molecule has 0 N–H and O–H groups in total. The van der Waals surface area contributed by atoms with E-state index in [4.69, 9.17) is 21.6 Å². The molecule has 0 aliphatic carbocycles. The maximum atomic E-state index is 13.2. The molecule has 0 spiro atoms. The summed E-state index contributed by atoms with van der Waals surface area (Å²) in [4.78, 5) is 24.8. The zero-order valence-corrected chi connectivity index (χ0v) is 19.3. The monoisotopic (exact) mass is 467 g/mol. The number of para-hydroxylation sites is 1.